The quantitative estimate of drug-likeness (QED) is 0.741. The summed E-state index contributed by atoms with van der Waals surface area (Å²) >= 11 is 6.06. The Morgan fingerprint density at radius 2 is 2.16 bits per heavy atom. The molecule has 4 amide bonds. The van der Waals surface area contributed by atoms with Crippen molar-refractivity contribution in [1.82, 2.24) is 15.5 Å². The molecule has 1 atom stereocenters. The van der Waals surface area contributed by atoms with Gasteiger partial charge in [-0.2, -0.15) is 0 Å². The van der Waals surface area contributed by atoms with Gasteiger partial charge >= 0.3 is 6.03 Å². The Labute approximate surface area is 150 Å². The summed E-state index contributed by atoms with van der Waals surface area (Å²) < 4.78 is 5.24. The van der Waals surface area contributed by atoms with Crippen molar-refractivity contribution in [2.45, 2.75) is 19.4 Å². The number of methoxy groups -OCH3 is 1. The molecule has 0 bridgehead atoms. The minimum absolute atomic E-state index is 0.105. The summed E-state index contributed by atoms with van der Waals surface area (Å²) in [5, 5.41) is 8.38. The summed E-state index contributed by atoms with van der Waals surface area (Å²) in [6.45, 7) is 2.43. The van der Waals surface area contributed by atoms with Crippen LogP contribution in [0.4, 0.5) is 10.5 Å². The van der Waals surface area contributed by atoms with Gasteiger partial charge in [0.15, 0.2) is 0 Å². The molecule has 0 radical (unpaired) electrons. The Morgan fingerprint density at radius 1 is 1.44 bits per heavy atom. The average molecular weight is 369 g/mol. The fraction of sp³-hybridized carbons (Fsp3) is 0.438. The number of ether oxygens (including phenoxy) is 1. The van der Waals surface area contributed by atoms with Crippen molar-refractivity contribution in [3.8, 4) is 5.75 Å². The normalized spacial score (nSPS) is 16.9. The van der Waals surface area contributed by atoms with E-state index in [0.29, 0.717) is 29.5 Å². The molecule has 1 saturated heterocycles. The lowest BCUT2D eigenvalue weighted by Gasteiger charge is -2.34. The van der Waals surface area contributed by atoms with Crippen molar-refractivity contribution in [3.05, 3.63) is 22.7 Å². The summed E-state index contributed by atoms with van der Waals surface area (Å²) in [4.78, 5) is 37.7. The van der Waals surface area contributed by atoms with E-state index in [4.69, 9.17) is 16.3 Å². The van der Waals surface area contributed by atoms with Crippen LogP contribution in [0, 0.1) is 6.92 Å². The lowest BCUT2D eigenvalue weighted by atomic mass is 10.1. The maximum absolute atomic E-state index is 12.7. The maximum atomic E-state index is 12.7. The lowest BCUT2D eigenvalue weighted by molar-refractivity contribution is -0.132. The first-order valence-electron chi connectivity index (χ1n) is 7.77. The van der Waals surface area contributed by atoms with Crippen molar-refractivity contribution in [2.24, 2.45) is 0 Å². The fourth-order valence-electron chi connectivity index (χ4n) is 2.56. The first kappa shape index (κ1) is 18.9. The highest BCUT2D eigenvalue weighted by Gasteiger charge is 2.34. The van der Waals surface area contributed by atoms with Gasteiger partial charge in [0.25, 0.3) is 0 Å². The molecule has 8 nitrogen and oxygen atoms in total. The van der Waals surface area contributed by atoms with E-state index in [2.05, 4.69) is 16.0 Å². The van der Waals surface area contributed by atoms with Crippen molar-refractivity contribution in [1.29, 1.82) is 0 Å². The molecule has 1 aliphatic heterocycles. The fourth-order valence-corrected chi connectivity index (χ4v) is 2.71. The second kappa shape index (κ2) is 8.06. The molecule has 136 valence electrons. The molecule has 1 heterocycles. The van der Waals surface area contributed by atoms with Crippen LogP contribution in [0.2, 0.25) is 5.02 Å². The Hall–Kier alpha value is -2.48. The molecular formula is C16H21ClN4O4. The predicted molar refractivity (Wildman–Crippen MR) is 93.9 cm³/mol. The number of anilines is 1. The van der Waals surface area contributed by atoms with E-state index in [1.54, 1.807) is 19.1 Å². The molecule has 0 spiro atoms. The molecule has 9 heteroatoms. The topological polar surface area (TPSA) is 99.8 Å². The highest BCUT2D eigenvalue weighted by Crippen LogP contribution is 2.31. The van der Waals surface area contributed by atoms with Gasteiger partial charge in [-0.1, -0.05) is 11.6 Å². The number of hydrogen-bond donors (Lipinski definition) is 3. The molecule has 25 heavy (non-hydrogen) atoms. The van der Waals surface area contributed by atoms with Gasteiger partial charge in [-0.25, -0.2) is 4.79 Å². The van der Waals surface area contributed by atoms with Crippen LogP contribution < -0.4 is 20.7 Å². The van der Waals surface area contributed by atoms with Crippen LogP contribution in [0.25, 0.3) is 0 Å². The highest BCUT2D eigenvalue weighted by molar-refractivity contribution is 6.31. The third-order valence-corrected chi connectivity index (χ3v) is 4.38. The molecule has 1 aliphatic rings. The standard InChI is InChI=1S/C16H21ClN4O4/c1-9-6-11(13(25-3)7-10(9)17)20-16(24)21-5-4-19-15(23)12(21)8-14(22)18-2/h6-7,12H,4-5,8H2,1-3H3,(H,18,22)(H,19,23)(H,20,24). The summed E-state index contributed by atoms with van der Waals surface area (Å²) in [6.07, 6.45) is -0.105. The van der Waals surface area contributed by atoms with Gasteiger partial charge in [-0.05, 0) is 18.6 Å². The van der Waals surface area contributed by atoms with Gasteiger partial charge in [-0.15, -0.1) is 0 Å². The number of urea groups is 1. The Morgan fingerprint density at radius 3 is 2.80 bits per heavy atom. The molecule has 1 aromatic carbocycles. The van der Waals surface area contributed by atoms with E-state index >= 15 is 0 Å². The van der Waals surface area contributed by atoms with E-state index in [9.17, 15) is 14.4 Å². The van der Waals surface area contributed by atoms with E-state index in [-0.39, 0.29) is 18.2 Å². The van der Waals surface area contributed by atoms with Crippen LogP contribution in [-0.4, -0.2) is 56.0 Å². The third-order valence-electron chi connectivity index (χ3n) is 3.97. The number of benzene rings is 1. The largest absolute Gasteiger partial charge is 0.495 e. The predicted octanol–water partition coefficient (Wildman–Crippen LogP) is 1.13. The number of halogens is 1. The van der Waals surface area contributed by atoms with Crippen LogP contribution >= 0.6 is 11.6 Å². The second-order valence-electron chi connectivity index (χ2n) is 5.61. The van der Waals surface area contributed by atoms with E-state index < -0.39 is 12.1 Å². The van der Waals surface area contributed by atoms with Gasteiger partial charge in [0.2, 0.25) is 11.8 Å². The minimum atomic E-state index is -0.868. The van der Waals surface area contributed by atoms with E-state index in [1.165, 1.54) is 19.1 Å². The van der Waals surface area contributed by atoms with E-state index in [1.807, 2.05) is 0 Å². The van der Waals surface area contributed by atoms with Crippen molar-refractivity contribution in [3.63, 3.8) is 0 Å². The van der Waals surface area contributed by atoms with Crippen LogP contribution in [0.5, 0.6) is 5.75 Å². The minimum Gasteiger partial charge on any atom is -0.495 e. The van der Waals surface area contributed by atoms with Crippen LogP contribution in [0.3, 0.4) is 0 Å². The SMILES string of the molecule is CNC(=O)CC1C(=O)NCCN1C(=O)Nc1cc(C)c(Cl)cc1OC. The molecule has 0 aromatic heterocycles. The first-order valence-corrected chi connectivity index (χ1v) is 8.15. The van der Waals surface area contributed by atoms with Crippen molar-refractivity contribution in [2.75, 3.05) is 32.6 Å². The number of nitrogens with zero attached hydrogens (tertiary/aromatic N) is 1. The van der Waals surface area contributed by atoms with Crippen LogP contribution in [0.1, 0.15) is 12.0 Å². The molecule has 1 unspecified atom stereocenters. The lowest BCUT2D eigenvalue weighted by Crippen LogP contribution is -2.59. The number of nitrogens with one attached hydrogen (secondary N) is 3. The molecular weight excluding hydrogens is 348 g/mol. The summed E-state index contributed by atoms with van der Waals surface area (Å²) in [7, 11) is 2.95. The van der Waals surface area contributed by atoms with E-state index in [0.717, 1.165) is 5.56 Å². The Balaban J connectivity index is 2.22. The first-order chi connectivity index (χ1) is 11.9. The summed E-state index contributed by atoms with van der Waals surface area (Å²) in [5.41, 5.74) is 1.22. The highest BCUT2D eigenvalue weighted by atomic mass is 35.5. The number of rotatable bonds is 4. The van der Waals surface area contributed by atoms with Gasteiger partial charge in [0.1, 0.15) is 11.8 Å². The molecule has 1 aromatic rings. The number of hydrogen-bond acceptors (Lipinski definition) is 4. The van der Waals surface area contributed by atoms with Gasteiger partial charge in [0.05, 0.1) is 19.2 Å². The monoisotopic (exact) mass is 368 g/mol. The van der Waals surface area contributed by atoms with Crippen molar-refractivity contribution >= 4 is 35.1 Å². The molecule has 1 fully saturated rings. The van der Waals surface area contributed by atoms with Crippen LogP contribution in [0.15, 0.2) is 12.1 Å². The zero-order valence-corrected chi connectivity index (χ0v) is 15.1. The second-order valence-corrected chi connectivity index (χ2v) is 6.02. The average Bonchev–Trinajstić information content (AvgIpc) is 2.59. The number of carbonyl (C=O) groups excluding carboxylic acids is 3. The maximum Gasteiger partial charge on any atom is 0.322 e. The van der Waals surface area contributed by atoms with Gasteiger partial charge < -0.3 is 25.6 Å². The Kier molecular flexibility index (Phi) is 6.08. The number of piperazine rings is 1. The number of amides is 4. The smallest absolute Gasteiger partial charge is 0.322 e. The molecule has 3 N–H and O–H groups in total. The Bertz CT molecular complexity index is 695. The molecule has 0 saturated carbocycles. The van der Waals surface area contributed by atoms with Gasteiger partial charge in [-0.3, -0.25) is 9.59 Å². The zero-order valence-electron chi connectivity index (χ0n) is 14.3. The molecule has 0 aliphatic carbocycles. The summed E-state index contributed by atoms with van der Waals surface area (Å²) in [5.74, 6) is -0.266. The molecule has 2 rings (SSSR count). The zero-order chi connectivity index (χ0) is 18.6. The number of aryl methyl sites for hydroxylation is 1. The van der Waals surface area contributed by atoms with Crippen LogP contribution in [-0.2, 0) is 9.59 Å². The number of carbonyl (C=O) groups is 3. The van der Waals surface area contributed by atoms with Gasteiger partial charge in [0, 0.05) is 31.2 Å². The summed E-state index contributed by atoms with van der Waals surface area (Å²) in [6, 6.07) is 1.95. The third kappa shape index (κ3) is 4.33. The van der Waals surface area contributed by atoms with Crippen molar-refractivity contribution < 1.29 is 19.1 Å².